The van der Waals surface area contributed by atoms with Gasteiger partial charge in [0.1, 0.15) is 11.6 Å². The van der Waals surface area contributed by atoms with Crippen molar-refractivity contribution in [1.82, 2.24) is 0 Å². The van der Waals surface area contributed by atoms with Crippen molar-refractivity contribution in [3.05, 3.63) is 30.1 Å². The number of Topliss-reactive ketones (excluding diaryl/α,β-unsaturated/α-hetero) is 1. The third-order valence-electron chi connectivity index (χ3n) is 1.99. The van der Waals surface area contributed by atoms with Gasteiger partial charge in [-0.25, -0.2) is 4.39 Å². The third kappa shape index (κ3) is 2.83. The second-order valence-corrected chi connectivity index (χ2v) is 3.19. The number of nitrogens with zero attached hydrogens (tertiary/aromatic N) is 1. The molecule has 0 saturated carbocycles. The van der Waals surface area contributed by atoms with Gasteiger partial charge in [0.2, 0.25) is 0 Å². The molecule has 0 atom stereocenters. The quantitative estimate of drug-likeness (QED) is 0.734. The summed E-state index contributed by atoms with van der Waals surface area (Å²) in [5.41, 5.74) is 0.879. The lowest BCUT2D eigenvalue weighted by Crippen LogP contribution is -2.28. The maximum Gasteiger partial charge on any atom is 0.149 e. The van der Waals surface area contributed by atoms with E-state index in [2.05, 4.69) is 0 Å². The molecular weight excluding hydrogens is 181 g/mol. The van der Waals surface area contributed by atoms with E-state index in [1.807, 2.05) is 11.8 Å². The van der Waals surface area contributed by atoms with Crippen LogP contribution in [-0.2, 0) is 4.79 Å². The maximum absolute atomic E-state index is 12.6. The topological polar surface area (TPSA) is 20.3 Å². The van der Waals surface area contributed by atoms with Crippen molar-refractivity contribution in [2.24, 2.45) is 0 Å². The molecule has 0 aliphatic carbocycles. The third-order valence-corrected chi connectivity index (χ3v) is 1.99. The largest absolute Gasteiger partial charge is 0.364 e. The lowest BCUT2D eigenvalue weighted by atomic mass is 10.2. The molecule has 3 heteroatoms. The first kappa shape index (κ1) is 10.7. The lowest BCUT2D eigenvalue weighted by molar-refractivity contribution is -0.115. The highest BCUT2D eigenvalue weighted by Crippen LogP contribution is 2.13. The molecular formula is C11H14FNO. The number of halogens is 1. The first-order valence-corrected chi connectivity index (χ1v) is 4.63. The number of carbonyl (C=O) groups excluding carboxylic acids is 1. The van der Waals surface area contributed by atoms with Crippen molar-refractivity contribution in [2.45, 2.75) is 13.8 Å². The average Bonchev–Trinajstić information content (AvgIpc) is 2.15. The molecule has 14 heavy (non-hydrogen) atoms. The lowest BCUT2D eigenvalue weighted by Gasteiger charge is -2.21. The Labute approximate surface area is 83.3 Å². The van der Waals surface area contributed by atoms with Gasteiger partial charge in [-0.05, 0) is 38.1 Å². The van der Waals surface area contributed by atoms with Crippen molar-refractivity contribution in [2.75, 3.05) is 18.0 Å². The van der Waals surface area contributed by atoms with E-state index in [0.29, 0.717) is 6.54 Å². The van der Waals surface area contributed by atoms with Gasteiger partial charge >= 0.3 is 0 Å². The standard InChI is InChI=1S/C11H14FNO/c1-3-13(8-9(2)14)11-6-4-10(12)5-7-11/h4-7H,3,8H2,1-2H3. The van der Waals surface area contributed by atoms with E-state index in [0.717, 1.165) is 12.2 Å². The SMILES string of the molecule is CCN(CC(C)=O)c1ccc(F)cc1. The number of rotatable bonds is 4. The first-order valence-electron chi connectivity index (χ1n) is 4.63. The molecule has 1 aromatic carbocycles. The fourth-order valence-corrected chi connectivity index (χ4v) is 1.31. The van der Waals surface area contributed by atoms with E-state index in [9.17, 15) is 9.18 Å². The highest BCUT2D eigenvalue weighted by molar-refractivity contribution is 5.80. The van der Waals surface area contributed by atoms with Crippen LogP contribution in [-0.4, -0.2) is 18.9 Å². The number of likely N-dealkylation sites (N-methyl/N-ethyl adjacent to an activating group) is 1. The Morgan fingerprint density at radius 2 is 1.93 bits per heavy atom. The molecule has 0 spiro atoms. The van der Waals surface area contributed by atoms with Gasteiger partial charge in [0.05, 0.1) is 6.54 Å². The van der Waals surface area contributed by atoms with Crippen LogP contribution in [0.25, 0.3) is 0 Å². The number of carbonyl (C=O) groups is 1. The summed E-state index contributed by atoms with van der Waals surface area (Å²) in [5.74, 6) is -0.149. The van der Waals surface area contributed by atoms with E-state index in [1.54, 1.807) is 19.1 Å². The predicted octanol–water partition coefficient (Wildman–Crippen LogP) is 2.24. The van der Waals surface area contributed by atoms with Crippen LogP contribution >= 0.6 is 0 Å². The summed E-state index contributed by atoms with van der Waals surface area (Å²) in [6, 6.07) is 6.17. The summed E-state index contributed by atoms with van der Waals surface area (Å²) in [6.45, 7) is 4.63. The van der Waals surface area contributed by atoms with Crippen LogP contribution in [0.1, 0.15) is 13.8 Å². The Bertz CT molecular complexity index is 308. The van der Waals surface area contributed by atoms with E-state index in [1.165, 1.54) is 12.1 Å². The fraction of sp³-hybridized carbons (Fsp3) is 0.364. The molecule has 0 radical (unpaired) electrons. The van der Waals surface area contributed by atoms with Gasteiger partial charge in [-0.15, -0.1) is 0 Å². The molecule has 0 N–H and O–H groups in total. The van der Waals surface area contributed by atoms with Crippen LogP contribution in [0.15, 0.2) is 24.3 Å². The molecule has 0 aliphatic heterocycles. The monoisotopic (exact) mass is 195 g/mol. The van der Waals surface area contributed by atoms with Crippen molar-refractivity contribution in [3.8, 4) is 0 Å². The minimum absolute atomic E-state index is 0.108. The van der Waals surface area contributed by atoms with Crippen LogP contribution in [0, 0.1) is 5.82 Å². The average molecular weight is 195 g/mol. The minimum atomic E-state index is -0.257. The summed E-state index contributed by atoms with van der Waals surface area (Å²) < 4.78 is 12.6. The van der Waals surface area contributed by atoms with E-state index in [4.69, 9.17) is 0 Å². The maximum atomic E-state index is 12.6. The van der Waals surface area contributed by atoms with Crippen LogP contribution in [0.4, 0.5) is 10.1 Å². The minimum Gasteiger partial charge on any atom is -0.364 e. The van der Waals surface area contributed by atoms with Crippen molar-refractivity contribution < 1.29 is 9.18 Å². The second kappa shape index (κ2) is 4.74. The Balaban J connectivity index is 2.78. The summed E-state index contributed by atoms with van der Waals surface area (Å²) >= 11 is 0. The van der Waals surface area contributed by atoms with Gasteiger partial charge in [-0.1, -0.05) is 0 Å². The molecule has 0 unspecified atom stereocenters. The van der Waals surface area contributed by atoms with Crippen LogP contribution in [0.2, 0.25) is 0 Å². The normalized spacial score (nSPS) is 9.93. The van der Waals surface area contributed by atoms with Gasteiger partial charge in [-0.2, -0.15) is 0 Å². The number of benzene rings is 1. The summed E-state index contributed by atoms with van der Waals surface area (Å²) in [5, 5.41) is 0. The zero-order valence-electron chi connectivity index (χ0n) is 8.46. The molecule has 0 aliphatic rings. The highest BCUT2D eigenvalue weighted by Gasteiger charge is 2.05. The van der Waals surface area contributed by atoms with Gasteiger partial charge in [0.25, 0.3) is 0 Å². The zero-order valence-corrected chi connectivity index (χ0v) is 8.46. The number of anilines is 1. The molecule has 76 valence electrons. The number of hydrogen-bond acceptors (Lipinski definition) is 2. The molecule has 0 aromatic heterocycles. The second-order valence-electron chi connectivity index (χ2n) is 3.19. The van der Waals surface area contributed by atoms with Crippen LogP contribution < -0.4 is 4.90 Å². The molecule has 0 amide bonds. The first-order chi connectivity index (χ1) is 6.63. The van der Waals surface area contributed by atoms with Gasteiger partial charge in [0.15, 0.2) is 0 Å². The van der Waals surface area contributed by atoms with Gasteiger partial charge in [-0.3, -0.25) is 4.79 Å². The Morgan fingerprint density at radius 3 is 2.36 bits per heavy atom. The summed E-state index contributed by atoms with van der Waals surface area (Å²) in [6.07, 6.45) is 0. The predicted molar refractivity (Wildman–Crippen MR) is 55.0 cm³/mol. The molecule has 1 rings (SSSR count). The molecule has 0 fully saturated rings. The fourth-order valence-electron chi connectivity index (χ4n) is 1.31. The summed E-state index contributed by atoms with van der Waals surface area (Å²) in [4.78, 5) is 12.8. The molecule has 0 heterocycles. The Kier molecular flexibility index (Phi) is 3.63. The highest BCUT2D eigenvalue weighted by atomic mass is 19.1. The smallest absolute Gasteiger partial charge is 0.149 e. The van der Waals surface area contributed by atoms with Crippen molar-refractivity contribution in [1.29, 1.82) is 0 Å². The van der Waals surface area contributed by atoms with Gasteiger partial charge < -0.3 is 4.90 Å². The van der Waals surface area contributed by atoms with E-state index in [-0.39, 0.29) is 11.6 Å². The Hall–Kier alpha value is -1.38. The van der Waals surface area contributed by atoms with Gasteiger partial charge in [0, 0.05) is 12.2 Å². The van der Waals surface area contributed by atoms with Crippen LogP contribution in [0.3, 0.4) is 0 Å². The van der Waals surface area contributed by atoms with E-state index >= 15 is 0 Å². The van der Waals surface area contributed by atoms with Crippen LogP contribution in [0.5, 0.6) is 0 Å². The summed E-state index contributed by atoms with van der Waals surface area (Å²) in [7, 11) is 0. The Morgan fingerprint density at radius 1 is 1.36 bits per heavy atom. The molecule has 2 nitrogen and oxygen atoms in total. The molecule has 0 bridgehead atoms. The molecule has 1 aromatic rings. The number of ketones is 1. The number of hydrogen-bond donors (Lipinski definition) is 0. The van der Waals surface area contributed by atoms with Crippen molar-refractivity contribution >= 4 is 11.5 Å². The zero-order chi connectivity index (χ0) is 10.6. The van der Waals surface area contributed by atoms with Crippen molar-refractivity contribution in [3.63, 3.8) is 0 Å². The molecule has 0 saturated heterocycles. The van der Waals surface area contributed by atoms with E-state index < -0.39 is 0 Å².